The lowest BCUT2D eigenvalue weighted by atomic mass is 10.2. The first kappa shape index (κ1) is 15.3. The van der Waals surface area contributed by atoms with Crippen molar-refractivity contribution in [1.82, 2.24) is 0 Å². The maximum atomic E-state index is 12.2. The molecule has 0 saturated heterocycles. The van der Waals surface area contributed by atoms with Crippen molar-refractivity contribution in [3.8, 4) is 5.75 Å². The minimum absolute atomic E-state index is 0.00739. The van der Waals surface area contributed by atoms with Gasteiger partial charge in [-0.25, -0.2) is 18.4 Å². The molecule has 0 heterocycles. The summed E-state index contributed by atoms with van der Waals surface area (Å²) in [5.41, 5.74) is -0.436. The molecule has 0 fully saturated rings. The molecule has 0 aliphatic rings. The summed E-state index contributed by atoms with van der Waals surface area (Å²) < 4.78 is 55.3. The van der Waals surface area contributed by atoms with Crippen LogP contribution in [-0.2, 0) is 14.8 Å². The van der Waals surface area contributed by atoms with Crippen LogP contribution in [0.5, 0.6) is 5.75 Å². The van der Waals surface area contributed by atoms with Gasteiger partial charge >= 0.3 is 12.6 Å². The lowest BCUT2D eigenvalue weighted by molar-refractivity contribution is -0.0504. The highest BCUT2D eigenvalue weighted by molar-refractivity contribution is 7.89. The first-order valence-corrected chi connectivity index (χ1v) is 6.59. The highest BCUT2D eigenvalue weighted by atomic mass is 32.2. The topological polar surface area (TPSA) is 95.7 Å². The predicted octanol–water partition coefficient (Wildman–Crippen LogP) is 1.11. The van der Waals surface area contributed by atoms with E-state index in [4.69, 9.17) is 5.14 Å². The molecule has 0 amide bonds. The Balaban J connectivity index is 3.30. The minimum Gasteiger partial charge on any atom is -0.462 e. The summed E-state index contributed by atoms with van der Waals surface area (Å²) in [7, 11) is -4.07. The van der Waals surface area contributed by atoms with Gasteiger partial charge < -0.3 is 9.47 Å². The molecule has 0 atom stereocenters. The van der Waals surface area contributed by atoms with Gasteiger partial charge in [0.15, 0.2) is 0 Å². The zero-order valence-electron chi connectivity index (χ0n) is 9.80. The summed E-state index contributed by atoms with van der Waals surface area (Å²) in [4.78, 5) is 11.1. The summed E-state index contributed by atoms with van der Waals surface area (Å²) in [6.07, 6.45) is 0. The molecule has 0 bridgehead atoms. The maximum absolute atomic E-state index is 12.2. The Hall–Kier alpha value is -1.74. The fraction of sp³-hybridized carbons (Fsp3) is 0.300. The monoisotopic (exact) mass is 295 g/mol. The van der Waals surface area contributed by atoms with Crippen molar-refractivity contribution >= 4 is 16.0 Å². The normalized spacial score (nSPS) is 11.4. The van der Waals surface area contributed by atoms with E-state index < -0.39 is 38.8 Å². The molecule has 0 aliphatic carbocycles. The van der Waals surface area contributed by atoms with E-state index in [0.717, 1.165) is 18.2 Å². The second kappa shape index (κ2) is 5.93. The Labute approximate surface area is 108 Å². The van der Waals surface area contributed by atoms with Crippen LogP contribution in [0, 0.1) is 0 Å². The third-order valence-electron chi connectivity index (χ3n) is 1.99. The van der Waals surface area contributed by atoms with E-state index in [9.17, 15) is 22.0 Å². The summed E-state index contributed by atoms with van der Waals surface area (Å²) in [6, 6.07) is 2.69. The van der Waals surface area contributed by atoms with Crippen molar-refractivity contribution in [2.45, 2.75) is 18.4 Å². The molecule has 2 N–H and O–H groups in total. The highest BCUT2D eigenvalue weighted by Gasteiger charge is 2.20. The lowest BCUT2D eigenvalue weighted by Crippen LogP contribution is -2.15. The number of halogens is 2. The standard InChI is InChI=1S/C10H11F2NO5S/c1-2-17-9(14)7-5-6(19(13,15)16)3-4-8(7)18-10(11)12/h3-5,10H,2H2,1H3,(H2,13,15,16). The average Bonchev–Trinajstić information content (AvgIpc) is 2.27. The van der Waals surface area contributed by atoms with Gasteiger partial charge in [-0.05, 0) is 25.1 Å². The summed E-state index contributed by atoms with van der Waals surface area (Å²) >= 11 is 0. The summed E-state index contributed by atoms with van der Waals surface area (Å²) in [5, 5.41) is 4.88. The van der Waals surface area contributed by atoms with Crippen LogP contribution in [0.4, 0.5) is 8.78 Å². The quantitative estimate of drug-likeness (QED) is 0.821. The number of esters is 1. The Morgan fingerprint density at radius 2 is 2.05 bits per heavy atom. The molecule has 6 nitrogen and oxygen atoms in total. The molecule has 1 aromatic carbocycles. The number of alkyl halides is 2. The maximum Gasteiger partial charge on any atom is 0.387 e. The summed E-state index contributed by atoms with van der Waals surface area (Å²) in [5.74, 6) is -1.47. The predicted molar refractivity (Wildman–Crippen MR) is 60.4 cm³/mol. The van der Waals surface area contributed by atoms with Crippen LogP contribution in [0.2, 0.25) is 0 Å². The van der Waals surface area contributed by atoms with Crippen molar-refractivity contribution in [3.05, 3.63) is 23.8 Å². The second-order valence-corrected chi connectivity index (χ2v) is 4.86. The first-order valence-electron chi connectivity index (χ1n) is 5.04. The Morgan fingerprint density at radius 3 is 2.53 bits per heavy atom. The number of benzene rings is 1. The van der Waals surface area contributed by atoms with Crippen LogP contribution in [-0.4, -0.2) is 27.6 Å². The van der Waals surface area contributed by atoms with Gasteiger partial charge in [0, 0.05) is 0 Å². The lowest BCUT2D eigenvalue weighted by Gasteiger charge is -2.11. The molecule has 106 valence electrons. The average molecular weight is 295 g/mol. The number of carbonyl (C=O) groups excluding carboxylic acids is 1. The molecule has 9 heteroatoms. The van der Waals surface area contributed by atoms with Gasteiger partial charge in [-0.2, -0.15) is 8.78 Å². The number of rotatable bonds is 5. The SMILES string of the molecule is CCOC(=O)c1cc(S(N)(=O)=O)ccc1OC(F)F. The summed E-state index contributed by atoms with van der Waals surface area (Å²) in [6.45, 7) is -1.66. The third-order valence-corrected chi connectivity index (χ3v) is 2.90. The molecule has 0 saturated carbocycles. The molecule has 19 heavy (non-hydrogen) atoms. The molecule has 0 aliphatic heterocycles. The van der Waals surface area contributed by atoms with Gasteiger partial charge in [0.05, 0.1) is 11.5 Å². The molecule has 1 rings (SSSR count). The van der Waals surface area contributed by atoms with Crippen LogP contribution in [0.25, 0.3) is 0 Å². The van der Waals surface area contributed by atoms with Crippen LogP contribution in [0.3, 0.4) is 0 Å². The van der Waals surface area contributed by atoms with E-state index in [-0.39, 0.29) is 6.61 Å². The van der Waals surface area contributed by atoms with Gasteiger partial charge in [-0.1, -0.05) is 0 Å². The number of hydrogen-bond acceptors (Lipinski definition) is 5. The number of ether oxygens (including phenoxy) is 2. The zero-order chi connectivity index (χ0) is 14.6. The van der Waals surface area contributed by atoms with Gasteiger partial charge in [0.25, 0.3) is 0 Å². The van der Waals surface area contributed by atoms with E-state index in [1.807, 2.05) is 0 Å². The molecular formula is C10H11F2NO5S. The first-order chi connectivity index (χ1) is 8.75. The number of sulfonamides is 1. The van der Waals surface area contributed by atoms with Crippen molar-refractivity contribution in [3.63, 3.8) is 0 Å². The van der Waals surface area contributed by atoms with Crippen molar-refractivity contribution < 1.29 is 31.5 Å². The Bertz CT molecular complexity index is 573. The number of primary sulfonamides is 1. The number of nitrogens with two attached hydrogens (primary N) is 1. The third kappa shape index (κ3) is 4.14. The van der Waals surface area contributed by atoms with Gasteiger partial charge in [-0.15, -0.1) is 0 Å². The van der Waals surface area contributed by atoms with Gasteiger partial charge in [-0.3, -0.25) is 0 Å². The number of hydrogen-bond donors (Lipinski definition) is 1. The van der Waals surface area contributed by atoms with E-state index in [2.05, 4.69) is 9.47 Å². The van der Waals surface area contributed by atoms with Crippen molar-refractivity contribution in [1.29, 1.82) is 0 Å². The fourth-order valence-electron chi connectivity index (χ4n) is 1.25. The molecule has 1 aromatic rings. The second-order valence-electron chi connectivity index (χ2n) is 3.30. The van der Waals surface area contributed by atoms with Crippen LogP contribution < -0.4 is 9.88 Å². The Morgan fingerprint density at radius 1 is 1.42 bits per heavy atom. The molecular weight excluding hydrogens is 284 g/mol. The van der Waals surface area contributed by atoms with Crippen LogP contribution in [0.1, 0.15) is 17.3 Å². The van der Waals surface area contributed by atoms with E-state index in [1.54, 1.807) is 0 Å². The van der Waals surface area contributed by atoms with Crippen LogP contribution >= 0.6 is 0 Å². The molecule has 0 spiro atoms. The molecule has 0 unspecified atom stereocenters. The largest absolute Gasteiger partial charge is 0.462 e. The molecule has 0 radical (unpaired) electrons. The van der Waals surface area contributed by atoms with Crippen molar-refractivity contribution in [2.75, 3.05) is 6.61 Å². The van der Waals surface area contributed by atoms with E-state index >= 15 is 0 Å². The van der Waals surface area contributed by atoms with E-state index in [0.29, 0.717) is 0 Å². The van der Waals surface area contributed by atoms with Gasteiger partial charge in [0.1, 0.15) is 11.3 Å². The Kier molecular flexibility index (Phi) is 4.78. The fourth-order valence-corrected chi connectivity index (χ4v) is 1.79. The number of carbonyl (C=O) groups is 1. The van der Waals surface area contributed by atoms with Crippen LogP contribution in [0.15, 0.2) is 23.1 Å². The van der Waals surface area contributed by atoms with E-state index in [1.165, 1.54) is 6.92 Å². The zero-order valence-corrected chi connectivity index (χ0v) is 10.6. The highest BCUT2D eigenvalue weighted by Crippen LogP contribution is 2.24. The smallest absolute Gasteiger partial charge is 0.387 e. The van der Waals surface area contributed by atoms with Gasteiger partial charge in [0.2, 0.25) is 10.0 Å². The minimum atomic E-state index is -4.07. The molecule has 0 aromatic heterocycles. The van der Waals surface area contributed by atoms with Crippen molar-refractivity contribution in [2.24, 2.45) is 5.14 Å².